The molecule has 17 heavy (non-hydrogen) atoms. The van der Waals surface area contributed by atoms with E-state index < -0.39 is 6.10 Å². The number of nitrogens with one attached hydrogen (secondary N) is 2. The Balaban J connectivity index is 2.40. The Bertz CT molecular complexity index is 380. The quantitative estimate of drug-likeness (QED) is 0.743. The SMILES string of the molecule is Cc1cc(NC(=O)NC[C@H](O)C(C)C)ccn1. The number of hydrogen-bond acceptors (Lipinski definition) is 3. The van der Waals surface area contributed by atoms with Gasteiger partial charge < -0.3 is 15.7 Å². The molecule has 0 fully saturated rings. The zero-order chi connectivity index (χ0) is 12.8. The number of amides is 2. The van der Waals surface area contributed by atoms with E-state index >= 15 is 0 Å². The summed E-state index contributed by atoms with van der Waals surface area (Å²) in [5, 5.41) is 14.8. The fraction of sp³-hybridized carbons (Fsp3) is 0.500. The summed E-state index contributed by atoms with van der Waals surface area (Å²) in [6.07, 6.45) is 1.11. The molecule has 0 aliphatic heterocycles. The molecule has 0 aliphatic rings. The molecule has 0 saturated heterocycles. The van der Waals surface area contributed by atoms with E-state index in [0.29, 0.717) is 5.69 Å². The monoisotopic (exact) mass is 237 g/mol. The first kappa shape index (κ1) is 13.4. The second-order valence-electron chi connectivity index (χ2n) is 4.33. The summed E-state index contributed by atoms with van der Waals surface area (Å²) < 4.78 is 0. The predicted molar refractivity (Wildman–Crippen MR) is 66.8 cm³/mol. The molecule has 0 saturated carbocycles. The summed E-state index contributed by atoms with van der Waals surface area (Å²) in [6.45, 7) is 5.89. The molecule has 0 bridgehead atoms. The summed E-state index contributed by atoms with van der Waals surface area (Å²) >= 11 is 0. The molecule has 0 aromatic carbocycles. The minimum absolute atomic E-state index is 0.124. The van der Waals surface area contributed by atoms with Crippen LogP contribution in [0.5, 0.6) is 0 Å². The summed E-state index contributed by atoms with van der Waals surface area (Å²) in [6, 6.07) is 3.17. The molecule has 2 amide bonds. The van der Waals surface area contributed by atoms with E-state index in [-0.39, 0.29) is 18.5 Å². The van der Waals surface area contributed by atoms with Gasteiger partial charge in [-0.15, -0.1) is 0 Å². The van der Waals surface area contributed by atoms with Crippen molar-refractivity contribution < 1.29 is 9.90 Å². The van der Waals surface area contributed by atoms with Crippen LogP contribution >= 0.6 is 0 Å². The number of urea groups is 1. The van der Waals surface area contributed by atoms with Crippen LogP contribution in [0.2, 0.25) is 0 Å². The molecular weight excluding hydrogens is 218 g/mol. The predicted octanol–water partition coefficient (Wildman–Crippen LogP) is 1.53. The van der Waals surface area contributed by atoms with Crippen molar-refractivity contribution in [1.82, 2.24) is 10.3 Å². The first-order valence-electron chi connectivity index (χ1n) is 5.64. The zero-order valence-electron chi connectivity index (χ0n) is 10.4. The number of aromatic nitrogens is 1. The first-order chi connectivity index (χ1) is 7.99. The largest absolute Gasteiger partial charge is 0.391 e. The van der Waals surface area contributed by atoms with Gasteiger partial charge in [-0.3, -0.25) is 4.98 Å². The third-order valence-corrected chi connectivity index (χ3v) is 2.40. The van der Waals surface area contributed by atoms with Gasteiger partial charge in [-0.1, -0.05) is 13.8 Å². The second kappa shape index (κ2) is 6.20. The van der Waals surface area contributed by atoms with E-state index in [1.165, 1.54) is 0 Å². The van der Waals surface area contributed by atoms with Crippen LogP contribution in [-0.4, -0.2) is 28.8 Å². The number of carbonyl (C=O) groups is 1. The van der Waals surface area contributed by atoms with Crippen LogP contribution in [0.4, 0.5) is 10.5 Å². The lowest BCUT2D eigenvalue weighted by molar-refractivity contribution is 0.126. The van der Waals surface area contributed by atoms with Crippen molar-refractivity contribution >= 4 is 11.7 Å². The van der Waals surface area contributed by atoms with Crippen molar-refractivity contribution in [2.24, 2.45) is 5.92 Å². The molecule has 5 heteroatoms. The fourth-order valence-corrected chi connectivity index (χ4v) is 1.23. The summed E-state index contributed by atoms with van der Waals surface area (Å²) in [5.74, 6) is 0.124. The molecule has 0 unspecified atom stereocenters. The highest BCUT2D eigenvalue weighted by Gasteiger charge is 2.10. The van der Waals surface area contributed by atoms with Crippen LogP contribution in [0.1, 0.15) is 19.5 Å². The van der Waals surface area contributed by atoms with Gasteiger partial charge in [0.25, 0.3) is 0 Å². The van der Waals surface area contributed by atoms with Crippen LogP contribution in [0.25, 0.3) is 0 Å². The van der Waals surface area contributed by atoms with Crippen LogP contribution < -0.4 is 10.6 Å². The number of aryl methyl sites for hydroxylation is 1. The van der Waals surface area contributed by atoms with Gasteiger partial charge in [0.15, 0.2) is 0 Å². The summed E-state index contributed by atoms with van der Waals surface area (Å²) in [5.41, 5.74) is 1.53. The average Bonchev–Trinajstić information content (AvgIpc) is 2.25. The maximum atomic E-state index is 11.5. The van der Waals surface area contributed by atoms with Gasteiger partial charge >= 0.3 is 6.03 Å². The van der Waals surface area contributed by atoms with Crippen LogP contribution in [0.15, 0.2) is 18.3 Å². The van der Waals surface area contributed by atoms with Gasteiger partial charge in [-0.25, -0.2) is 4.79 Å². The normalized spacial score (nSPS) is 12.3. The van der Waals surface area contributed by atoms with Crippen LogP contribution in [0, 0.1) is 12.8 Å². The smallest absolute Gasteiger partial charge is 0.319 e. The Morgan fingerprint density at radius 2 is 2.24 bits per heavy atom. The van der Waals surface area contributed by atoms with E-state index in [2.05, 4.69) is 15.6 Å². The Hall–Kier alpha value is -1.62. The minimum atomic E-state index is -0.528. The van der Waals surface area contributed by atoms with Crippen molar-refractivity contribution in [3.63, 3.8) is 0 Å². The molecule has 1 rings (SSSR count). The lowest BCUT2D eigenvalue weighted by Crippen LogP contribution is -2.37. The number of pyridine rings is 1. The van der Waals surface area contributed by atoms with E-state index in [1.807, 2.05) is 20.8 Å². The van der Waals surface area contributed by atoms with Crippen molar-refractivity contribution in [2.45, 2.75) is 26.9 Å². The number of anilines is 1. The van der Waals surface area contributed by atoms with Gasteiger partial charge in [-0.2, -0.15) is 0 Å². The number of hydrogen-bond donors (Lipinski definition) is 3. The number of rotatable bonds is 4. The molecule has 1 heterocycles. The first-order valence-corrected chi connectivity index (χ1v) is 5.64. The fourth-order valence-electron chi connectivity index (χ4n) is 1.23. The molecule has 0 spiro atoms. The van der Waals surface area contributed by atoms with Gasteiger partial charge in [0.05, 0.1) is 6.10 Å². The topological polar surface area (TPSA) is 74.2 Å². The summed E-state index contributed by atoms with van der Waals surface area (Å²) in [7, 11) is 0. The van der Waals surface area contributed by atoms with Gasteiger partial charge in [0, 0.05) is 24.1 Å². The third kappa shape index (κ3) is 4.82. The second-order valence-corrected chi connectivity index (χ2v) is 4.33. The average molecular weight is 237 g/mol. The van der Waals surface area contributed by atoms with Gasteiger partial charge in [-0.05, 0) is 25.0 Å². The molecule has 1 atom stereocenters. The minimum Gasteiger partial charge on any atom is -0.391 e. The number of nitrogens with zero attached hydrogens (tertiary/aromatic N) is 1. The molecule has 5 nitrogen and oxygen atoms in total. The Kier molecular flexibility index (Phi) is 4.90. The third-order valence-electron chi connectivity index (χ3n) is 2.40. The molecule has 1 aromatic heterocycles. The molecule has 0 radical (unpaired) electrons. The van der Waals surface area contributed by atoms with Crippen LogP contribution in [-0.2, 0) is 0 Å². The molecule has 94 valence electrons. The molecule has 3 N–H and O–H groups in total. The molecule has 1 aromatic rings. The Morgan fingerprint density at radius 1 is 1.53 bits per heavy atom. The Morgan fingerprint density at radius 3 is 2.82 bits per heavy atom. The highest BCUT2D eigenvalue weighted by molar-refractivity contribution is 5.89. The Labute approximate surface area is 101 Å². The van der Waals surface area contributed by atoms with E-state index in [9.17, 15) is 9.90 Å². The standard InChI is InChI=1S/C12H19N3O2/c1-8(2)11(16)7-14-12(17)15-10-4-5-13-9(3)6-10/h4-6,8,11,16H,7H2,1-3H3,(H2,13,14,15,17)/t11-/m0/s1. The lowest BCUT2D eigenvalue weighted by Gasteiger charge is -2.15. The number of carbonyl (C=O) groups excluding carboxylic acids is 1. The van der Waals surface area contributed by atoms with Crippen molar-refractivity contribution in [3.8, 4) is 0 Å². The lowest BCUT2D eigenvalue weighted by atomic mass is 10.1. The maximum Gasteiger partial charge on any atom is 0.319 e. The number of aliphatic hydroxyl groups is 1. The maximum absolute atomic E-state index is 11.5. The zero-order valence-corrected chi connectivity index (χ0v) is 10.4. The van der Waals surface area contributed by atoms with Crippen molar-refractivity contribution in [3.05, 3.63) is 24.0 Å². The van der Waals surface area contributed by atoms with E-state index in [1.54, 1.807) is 18.3 Å². The highest BCUT2D eigenvalue weighted by Crippen LogP contribution is 2.06. The van der Waals surface area contributed by atoms with Crippen LogP contribution in [0.3, 0.4) is 0 Å². The number of aliphatic hydroxyl groups excluding tert-OH is 1. The summed E-state index contributed by atoms with van der Waals surface area (Å²) in [4.78, 5) is 15.5. The van der Waals surface area contributed by atoms with Crippen molar-refractivity contribution in [1.29, 1.82) is 0 Å². The van der Waals surface area contributed by atoms with Gasteiger partial charge in [0.1, 0.15) is 0 Å². The highest BCUT2D eigenvalue weighted by atomic mass is 16.3. The van der Waals surface area contributed by atoms with Gasteiger partial charge in [0.2, 0.25) is 0 Å². The van der Waals surface area contributed by atoms with Crippen molar-refractivity contribution in [2.75, 3.05) is 11.9 Å². The van der Waals surface area contributed by atoms with E-state index in [0.717, 1.165) is 5.69 Å². The molecular formula is C12H19N3O2. The molecule has 0 aliphatic carbocycles. The van der Waals surface area contributed by atoms with E-state index in [4.69, 9.17) is 0 Å².